The van der Waals surface area contributed by atoms with E-state index in [9.17, 15) is 9.50 Å². The molecule has 2 fully saturated rings. The lowest BCUT2D eigenvalue weighted by Crippen LogP contribution is -2.51. The summed E-state index contributed by atoms with van der Waals surface area (Å²) >= 11 is 0. The highest BCUT2D eigenvalue weighted by Gasteiger charge is 2.69. The molecule has 0 aromatic heterocycles. The molecule has 2 saturated carbocycles. The molecule has 2 aliphatic carbocycles. The molecule has 0 heterocycles. The van der Waals surface area contributed by atoms with E-state index in [1.54, 1.807) is 12.1 Å². The van der Waals surface area contributed by atoms with Gasteiger partial charge >= 0.3 is 0 Å². The van der Waals surface area contributed by atoms with Crippen molar-refractivity contribution in [2.75, 3.05) is 0 Å². The summed E-state index contributed by atoms with van der Waals surface area (Å²) in [4.78, 5) is 0. The van der Waals surface area contributed by atoms with Gasteiger partial charge in [0.25, 0.3) is 0 Å². The summed E-state index contributed by atoms with van der Waals surface area (Å²) in [5.41, 5.74) is 0.542. The van der Waals surface area contributed by atoms with Gasteiger partial charge in [0.15, 0.2) is 0 Å². The number of aryl methyl sites for hydroxylation is 1. The molecule has 0 spiro atoms. The van der Waals surface area contributed by atoms with Gasteiger partial charge in [-0.05, 0) is 55.4 Å². The van der Waals surface area contributed by atoms with Crippen LogP contribution in [0.3, 0.4) is 0 Å². The molecule has 2 aliphatic rings. The number of fused-ring (bicyclic) bond motifs is 2. The highest BCUT2D eigenvalue weighted by Crippen LogP contribution is 2.71. The lowest BCUT2D eigenvalue weighted by Gasteiger charge is -2.51. The van der Waals surface area contributed by atoms with E-state index in [-0.39, 0.29) is 16.6 Å². The molecule has 1 aromatic rings. The van der Waals surface area contributed by atoms with Crippen molar-refractivity contribution in [1.82, 2.24) is 0 Å². The predicted molar refractivity (Wildman–Crippen MR) is 74.3 cm³/mol. The molecule has 1 aromatic carbocycles. The molecule has 1 nitrogen and oxygen atoms in total. The fraction of sp³-hybridized carbons (Fsp3) is 0.647. The highest BCUT2D eigenvalue weighted by molar-refractivity contribution is 5.39. The second kappa shape index (κ2) is 3.60. The SMILES string of the molecule is Cc1ccc(F)cc1C1(O)C2(C)CCC(C2)C1(C)C. The molecule has 2 heteroatoms. The Bertz CT molecular complexity index is 529. The van der Waals surface area contributed by atoms with Crippen molar-refractivity contribution in [2.45, 2.75) is 52.6 Å². The summed E-state index contributed by atoms with van der Waals surface area (Å²) in [6.45, 7) is 8.43. The fourth-order valence-electron chi connectivity index (χ4n) is 4.91. The van der Waals surface area contributed by atoms with Gasteiger partial charge in [-0.2, -0.15) is 0 Å². The lowest BCUT2D eigenvalue weighted by molar-refractivity contribution is -0.151. The Morgan fingerprint density at radius 2 is 1.95 bits per heavy atom. The van der Waals surface area contributed by atoms with Crippen LogP contribution in [0.1, 0.15) is 51.2 Å². The van der Waals surface area contributed by atoms with Crippen molar-refractivity contribution in [3.05, 3.63) is 35.1 Å². The predicted octanol–water partition coefficient (Wildman–Crippen LogP) is 4.17. The summed E-state index contributed by atoms with van der Waals surface area (Å²) in [7, 11) is 0. The standard InChI is InChI=1S/C17H23FO/c1-11-5-6-13(18)9-14(11)17(19)15(2,3)12-7-8-16(17,4)10-12/h5-6,9,12,19H,7-8,10H2,1-4H3. The van der Waals surface area contributed by atoms with Gasteiger partial charge in [-0.25, -0.2) is 4.39 Å². The molecule has 0 amide bonds. The van der Waals surface area contributed by atoms with Gasteiger partial charge in [0.1, 0.15) is 11.4 Å². The molecular formula is C17H23FO. The normalized spacial score (nSPS) is 39.8. The zero-order valence-electron chi connectivity index (χ0n) is 12.3. The van der Waals surface area contributed by atoms with Crippen molar-refractivity contribution in [1.29, 1.82) is 0 Å². The Balaban J connectivity index is 2.24. The Hall–Kier alpha value is -0.890. The number of halogens is 1. The number of hydrogen-bond acceptors (Lipinski definition) is 1. The van der Waals surface area contributed by atoms with Crippen molar-refractivity contribution >= 4 is 0 Å². The summed E-state index contributed by atoms with van der Waals surface area (Å²) in [5.74, 6) is 0.279. The van der Waals surface area contributed by atoms with Crippen LogP contribution in [0, 0.1) is 29.5 Å². The molecular weight excluding hydrogens is 239 g/mol. The number of hydrogen-bond donors (Lipinski definition) is 1. The Morgan fingerprint density at radius 1 is 1.26 bits per heavy atom. The third-order valence-corrected chi connectivity index (χ3v) is 6.16. The first-order valence-corrected chi connectivity index (χ1v) is 7.21. The molecule has 104 valence electrons. The molecule has 2 bridgehead atoms. The summed E-state index contributed by atoms with van der Waals surface area (Å²) in [6.07, 6.45) is 3.26. The number of aliphatic hydroxyl groups is 1. The van der Waals surface area contributed by atoms with E-state index < -0.39 is 5.60 Å². The Morgan fingerprint density at radius 3 is 2.53 bits per heavy atom. The van der Waals surface area contributed by atoms with Crippen LogP contribution in [-0.4, -0.2) is 5.11 Å². The Labute approximate surface area is 114 Å². The smallest absolute Gasteiger partial charge is 0.123 e. The maximum atomic E-state index is 13.7. The van der Waals surface area contributed by atoms with E-state index in [0.717, 1.165) is 24.0 Å². The summed E-state index contributed by atoms with van der Waals surface area (Å²) in [5, 5.41) is 11.6. The van der Waals surface area contributed by atoms with Gasteiger partial charge in [-0.3, -0.25) is 0 Å². The largest absolute Gasteiger partial charge is 0.384 e. The van der Waals surface area contributed by atoms with Gasteiger partial charge in [-0.15, -0.1) is 0 Å². The first kappa shape index (κ1) is 13.1. The van der Waals surface area contributed by atoms with Crippen molar-refractivity contribution in [2.24, 2.45) is 16.7 Å². The first-order chi connectivity index (χ1) is 8.72. The van der Waals surface area contributed by atoms with E-state index in [0.29, 0.717) is 5.92 Å². The average Bonchev–Trinajstić information content (AvgIpc) is 2.80. The second-order valence-corrected chi connectivity index (χ2v) is 7.39. The van der Waals surface area contributed by atoms with Gasteiger partial charge in [0.2, 0.25) is 0 Å². The topological polar surface area (TPSA) is 20.2 Å². The maximum Gasteiger partial charge on any atom is 0.123 e. The number of rotatable bonds is 1. The average molecular weight is 262 g/mol. The lowest BCUT2D eigenvalue weighted by atomic mass is 9.57. The van der Waals surface area contributed by atoms with Gasteiger partial charge < -0.3 is 5.11 Å². The van der Waals surface area contributed by atoms with E-state index in [1.807, 2.05) is 6.92 Å². The minimum Gasteiger partial charge on any atom is -0.384 e. The summed E-state index contributed by atoms with van der Waals surface area (Å²) < 4.78 is 13.7. The van der Waals surface area contributed by atoms with Crippen LogP contribution in [0.5, 0.6) is 0 Å². The molecule has 19 heavy (non-hydrogen) atoms. The van der Waals surface area contributed by atoms with Crippen molar-refractivity contribution in [3.63, 3.8) is 0 Å². The maximum absolute atomic E-state index is 13.7. The van der Waals surface area contributed by atoms with E-state index in [2.05, 4.69) is 20.8 Å². The highest BCUT2D eigenvalue weighted by atomic mass is 19.1. The number of benzene rings is 1. The van der Waals surface area contributed by atoms with E-state index >= 15 is 0 Å². The molecule has 3 atom stereocenters. The van der Waals surface area contributed by atoms with Crippen LogP contribution in [-0.2, 0) is 5.60 Å². The van der Waals surface area contributed by atoms with Gasteiger partial charge in [0.05, 0.1) is 0 Å². The first-order valence-electron chi connectivity index (χ1n) is 7.21. The molecule has 1 N–H and O–H groups in total. The van der Waals surface area contributed by atoms with Crippen LogP contribution >= 0.6 is 0 Å². The quantitative estimate of drug-likeness (QED) is 0.805. The minimum absolute atomic E-state index is 0.125. The third-order valence-electron chi connectivity index (χ3n) is 6.16. The Kier molecular flexibility index (Phi) is 2.49. The van der Waals surface area contributed by atoms with Crippen LogP contribution in [0.2, 0.25) is 0 Å². The van der Waals surface area contributed by atoms with Crippen LogP contribution in [0.4, 0.5) is 4.39 Å². The van der Waals surface area contributed by atoms with Crippen molar-refractivity contribution < 1.29 is 9.50 Å². The molecule has 0 saturated heterocycles. The van der Waals surface area contributed by atoms with Crippen LogP contribution in [0.15, 0.2) is 18.2 Å². The molecule has 3 unspecified atom stereocenters. The molecule has 0 radical (unpaired) electrons. The second-order valence-electron chi connectivity index (χ2n) is 7.39. The summed E-state index contributed by atoms with van der Waals surface area (Å²) in [6, 6.07) is 4.81. The zero-order valence-corrected chi connectivity index (χ0v) is 12.3. The van der Waals surface area contributed by atoms with E-state index in [4.69, 9.17) is 0 Å². The van der Waals surface area contributed by atoms with Gasteiger partial charge in [0, 0.05) is 10.8 Å². The van der Waals surface area contributed by atoms with Crippen LogP contribution in [0.25, 0.3) is 0 Å². The zero-order chi connectivity index (χ0) is 14.1. The molecule has 3 rings (SSSR count). The fourth-order valence-corrected chi connectivity index (χ4v) is 4.91. The van der Waals surface area contributed by atoms with Gasteiger partial charge in [-0.1, -0.05) is 26.8 Å². The monoisotopic (exact) mass is 262 g/mol. The van der Waals surface area contributed by atoms with Crippen molar-refractivity contribution in [3.8, 4) is 0 Å². The molecule has 0 aliphatic heterocycles. The minimum atomic E-state index is -0.922. The van der Waals surface area contributed by atoms with E-state index in [1.165, 1.54) is 12.5 Å². The third kappa shape index (κ3) is 1.38. The van der Waals surface area contributed by atoms with Crippen LogP contribution < -0.4 is 0 Å².